The molecule has 1 unspecified atom stereocenters. The molecule has 0 heterocycles. The molecule has 1 atom stereocenters. The maximum Gasteiger partial charge on any atom is 0.244 e. The van der Waals surface area contributed by atoms with Gasteiger partial charge in [0, 0.05) is 13.7 Å². The zero-order valence-corrected chi connectivity index (χ0v) is 12.7. The number of hydrogen-bond acceptors (Lipinski definition) is 5. The van der Waals surface area contributed by atoms with Crippen molar-refractivity contribution in [1.82, 2.24) is 4.72 Å². The number of ether oxygens (including phenoxy) is 2. The van der Waals surface area contributed by atoms with E-state index in [1.54, 1.807) is 25.1 Å². The lowest BCUT2D eigenvalue weighted by atomic mass is 10.2. The van der Waals surface area contributed by atoms with Crippen LogP contribution in [0.5, 0.6) is 5.75 Å². The summed E-state index contributed by atoms with van der Waals surface area (Å²) in [6.45, 7) is 2.11. The second-order valence-electron chi connectivity index (χ2n) is 4.45. The van der Waals surface area contributed by atoms with E-state index in [9.17, 15) is 13.5 Å². The summed E-state index contributed by atoms with van der Waals surface area (Å²) in [4.78, 5) is 0.0984. The molecular weight excluding hydrogens is 282 g/mol. The average molecular weight is 303 g/mol. The Hall–Kier alpha value is -1.15. The minimum atomic E-state index is -3.66. The molecule has 0 aliphatic carbocycles. The van der Waals surface area contributed by atoms with Gasteiger partial charge in [0.2, 0.25) is 10.0 Å². The third kappa shape index (κ3) is 4.75. The van der Waals surface area contributed by atoms with Crippen molar-refractivity contribution in [2.45, 2.75) is 24.3 Å². The molecule has 1 aromatic carbocycles. The Morgan fingerprint density at radius 1 is 1.35 bits per heavy atom. The van der Waals surface area contributed by atoms with Gasteiger partial charge in [0.1, 0.15) is 10.6 Å². The summed E-state index contributed by atoms with van der Waals surface area (Å²) in [7, 11) is -0.763. The molecule has 0 aliphatic rings. The Bertz CT molecular complexity index is 530. The van der Waals surface area contributed by atoms with Crippen LogP contribution in [-0.2, 0) is 14.8 Å². The molecule has 114 valence electrons. The molecule has 2 N–H and O–H groups in total. The van der Waals surface area contributed by atoms with Crippen molar-refractivity contribution in [1.29, 1.82) is 0 Å². The predicted molar refractivity (Wildman–Crippen MR) is 75.4 cm³/mol. The monoisotopic (exact) mass is 303 g/mol. The molecule has 0 aromatic heterocycles. The van der Waals surface area contributed by atoms with Crippen LogP contribution >= 0.6 is 0 Å². The molecule has 1 rings (SSSR count). The number of sulfonamides is 1. The van der Waals surface area contributed by atoms with Gasteiger partial charge in [-0.25, -0.2) is 13.1 Å². The Balaban J connectivity index is 2.76. The second-order valence-corrected chi connectivity index (χ2v) is 6.19. The summed E-state index contributed by atoms with van der Waals surface area (Å²) in [5.41, 5.74) is 0.825. The number of benzene rings is 1. The van der Waals surface area contributed by atoms with Crippen LogP contribution in [0.4, 0.5) is 0 Å². The van der Waals surface area contributed by atoms with Gasteiger partial charge in [0.15, 0.2) is 0 Å². The minimum absolute atomic E-state index is 0.0984. The first-order valence-corrected chi connectivity index (χ1v) is 7.70. The van der Waals surface area contributed by atoms with E-state index in [0.29, 0.717) is 5.75 Å². The molecule has 0 saturated heterocycles. The first-order valence-electron chi connectivity index (χ1n) is 6.22. The van der Waals surface area contributed by atoms with Gasteiger partial charge in [-0.05, 0) is 31.0 Å². The van der Waals surface area contributed by atoms with E-state index in [-0.39, 0.29) is 24.5 Å². The van der Waals surface area contributed by atoms with E-state index in [1.807, 2.05) is 0 Å². The van der Waals surface area contributed by atoms with Crippen molar-refractivity contribution >= 4 is 10.0 Å². The lowest BCUT2D eigenvalue weighted by Gasteiger charge is -2.13. The first-order chi connectivity index (χ1) is 9.40. The number of rotatable bonds is 8. The zero-order chi connectivity index (χ0) is 15.2. The van der Waals surface area contributed by atoms with Crippen molar-refractivity contribution < 1.29 is 23.0 Å². The van der Waals surface area contributed by atoms with Crippen LogP contribution in [0.15, 0.2) is 23.1 Å². The van der Waals surface area contributed by atoms with Crippen molar-refractivity contribution in [2.24, 2.45) is 0 Å². The van der Waals surface area contributed by atoms with E-state index in [1.165, 1.54) is 14.2 Å². The largest absolute Gasteiger partial charge is 0.495 e. The Morgan fingerprint density at radius 3 is 2.65 bits per heavy atom. The van der Waals surface area contributed by atoms with E-state index in [4.69, 9.17) is 9.47 Å². The van der Waals surface area contributed by atoms with Gasteiger partial charge in [-0.3, -0.25) is 0 Å². The third-order valence-electron chi connectivity index (χ3n) is 2.74. The molecule has 0 spiro atoms. The maximum atomic E-state index is 12.2. The highest BCUT2D eigenvalue weighted by molar-refractivity contribution is 7.89. The van der Waals surface area contributed by atoms with Crippen molar-refractivity contribution in [3.63, 3.8) is 0 Å². The molecule has 7 heteroatoms. The summed E-state index contributed by atoms with van der Waals surface area (Å²) in [5, 5.41) is 9.48. The standard InChI is InChI=1S/C13H21NO5S/c1-10-4-5-12(19-3)13(8-10)20(16,17)14-7-6-11(15)9-18-2/h4-5,8,11,14-15H,6-7,9H2,1-3H3. The van der Waals surface area contributed by atoms with Gasteiger partial charge in [-0.2, -0.15) is 0 Å². The Labute approximate surface area is 119 Å². The van der Waals surface area contributed by atoms with E-state index in [2.05, 4.69) is 4.72 Å². The minimum Gasteiger partial charge on any atom is -0.495 e. The van der Waals surface area contributed by atoms with Gasteiger partial charge in [0.25, 0.3) is 0 Å². The van der Waals surface area contributed by atoms with Gasteiger partial charge in [0.05, 0.1) is 19.8 Å². The smallest absolute Gasteiger partial charge is 0.244 e. The summed E-state index contributed by atoms with van der Waals surface area (Å²) in [5.74, 6) is 0.292. The normalized spacial score (nSPS) is 13.2. The maximum absolute atomic E-state index is 12.2. The number of aliphatic hydroxyl groups is 1. The molecule has 0 radical (unpaired) electrons. The van der Waals surface area contributed by atoms with E-state index >= 15 is 0 Å². The van der Waals surface area contributed by atoms with Gasteiger partial charge in [-0.15, -0.1) is 0 Å². The molecule has 0 amide bonds. The molecular formula is C13H21NO5S. The van der Waals surface area contributed by atoms with Gasteiger partial charge >= 0.3 is 0 Å². The van der Waals surface area contributed by atoms with Crippen molar-refractivity contribution in [3.05, 3.63) is 23.8 Å². The highest BCUT2D eigenvalue weighted by Crippen LogP contribution is 2.24. The number of aryl methyl sites for hydroxylation is 1. The van der Waals surface area contributed by atoms with E-state index in [0.717, 1.165) is 5.56 Å². The number of aliphatic hydroxyl groups excluding tert-OH is 1. The molecule has 1 aromatic rings. The zero-order valence-electron chi connectivity index (χ0n) is 11.9. The van der Waals surface area contributed by atoms with Crippen LogP contribution in [-0.4, -0.2) is 47.0 Å². The SMILES string of the molecule is COCC(O)CCNS(=O)(=O)c1cc(C)ccc1OC. The fraction of sp³-hybridized carbons (Fsp3) is 0.538. The predicted octanol–water partition coefficient (Wildman–Crippen LogP) is 0.679. The molecule has 0 saturated carbocycles. The number of nitrogens with one attached hydrogen (secondary N) is 1. The third-order valence-corrected chi connectivity index (χ3v) is 4.22. The topological polar surface area (TPSA) is 84.9 Å². The summed E-state index contributed by atoms with van der Waals surface area (Å²) in [6.07, 6.45) is -0.414. The van der Waals surface area contributed by atoms with Crippen LogP contribution in [0.25, 0.3) is 0 Å². The second kappa shape index (κ2) is 7.58. The van der Waals surface area contributed by atoms with Crippen LogP contribution in [0.1, 0.15) is 12.0 Å². The molecule has 6 nitrogen and oxygen atoms in total. The van der Waals surface area contributed by atoms with Crippen molar-refractivity contribution in [2.75, 3.05) is 27.4 Å². The fourth-order valence-corrected chi connectivity index (χ4v) is 3.01. The van der Waals surface area contributed by atoms with Gasteiger partial charge in [-0.1, -0.05) is 6.07 Å². The van der Waals surface area contributed by atoms with E-state index < -0.39 is 16.1 Å². The van der Waals surface area contributed by atoms with Crippen LogP contribution in [0.2, 0.25) is 0 Å². The molecule has 0 fully saturated rings. The summed E-state index contributed by atoms with van der Waals surface area (Å²) < 4.78 is 36.7. The highest BCUT2D eigenvalue weighted by Gasteiger charge is 2.19. The molecule has 20 heavy (non-hydrogen) atoms. The number of methoxy groups -OCH3 is 2. The van der Waals surface area contributed by atoms with Crippen molar-refractivity contribution in [3.8, 4) is 5.75 Å². The first kappa shape index (κ1) is 16.9. The summed E-state index contributed by atoms with van der Waals surface area (Å²) in [6, 6.07) is 4.94. The van der Waals surface area contributed by atoms with Crippen LogP contribution in [0, 0.1) is 6.92 Å². The average Bonchev–Trinajstić information content (AvgIpc) is 2.38. The van der Waals surface area contributed by atoms with Crippen LogP contribution < -0.4 is 9.46 Å². The highest BCUT2D eigenvalue weighted by atomic mass is 32.2. The quantitative estimate of drug-likeness (QED) is 0.737. The number of hydrogen-bond donors (Lipinski definition) is 2. The Morgan fingerprint density at radius 2 is 2.05 bits per heavy atom. The molecule has 0 bridgehead atoms. The van der Waals surface area contributed by atoms with Crippen LogP contribution in [0.3, 0.4) is 0 Å². The molecule has 0 aliphatic heterocycles. The Kier molecular flexibility index (Phi) is 6.41. The lowest BCUT2D eigenvalue weighted by Crippen LogP contribution is -2.29. The van der Waals surface area contributed by atoms with Gasteiger partial charge < -0.3 is 14.6 Å². The summed E-state index contributed by atoms with van der Waals surface area (Å²) >= 11 is 0. The fourth-order valence-electron chi connectivity index (χ4n) is 1.71. The lowest BCUT2D eigenvalue weighted by molar-refractivity contribution is 0.0603.